The van der Waals surface area contributed by atoms with Gasteiger partial charge in [-0.05, 0) is 41.7 Å². The fraction of sp³-hybridized carbons (Fsp3) is 0.257. The number of thioether (sulfide) groups is 1. The number of β-lactam (4-membered cyclic amide) rings is 1. The van der Waals surface area contributed by atoms with Crippen molar-refractivity contribution in [3.05, 3.63) is 138 Å². The van der Waals surface area contributed by atoms with E-state index in [1.54, 1.807) is 16.7 Å². The van der Waals surface area contributed by atoms with Gasteiger partial charge in [0.05, 0.1) is 10.3 Å². The number of carbonyl (C=O) groups excluding carboxylic acids is 1. The SMILES string of the molecule is O=C(O)C1N2C(=O)C(NC(c3ccccc3)(c3ccccc3)c3ccccc3)[C@H]2SC12CCN(c1ccccc1)CC2. The highest BCUT2D eigenvalue weighted by Crippen LogP contribution is 2.56. The lowest BCUT2D eigenvalue weighted by atomic mass is 9.75. The molecule has 0 aromatic heterocycles. The van der Waals surface area contributed by atoms with Crippen LogP contribution in [0.3, 0.4) is 0 Å². The number of benzene rings is 4. The number of anilines is 1. The van der Waals surface area contributed by atoms with Gasteiger partial charge in [0.1, 0.15) is 17.5 Å². The van der Waals surface area contributed by atoms with E-state index in [0.717, 1.165) is 35.5 Å². The minimum Gasteiger partial charge on any atom is -0.480 e. The number of amides is 1. The highest BCUT2D eigenvalue weighted by Gasteiger charge is 2.68. The predicted octanol–water partition coefficient (Wildman–Crippen LogP) is 5.34. The second-order valence-corrected chi connectivity index (χ2v) is 12.9. The number of fused-ring (bicyclic) bond motifs is 1. The van der Waals surface area contributed by atoms with Gasteiger partial charge in [-0.3, -0.25) is 10.1 Å². The van der Waals surface area contributed by atoms with Crippen LogP contribution in [0.4, 0.5) is 5.69 Å². The zero-order valence-corrected chi connectivity index (χ0v) is 24.0. The van der Waals surface area contributed by atoms with Gasteiger partial charge in [0.2, 0.25) is 5.91 Å². The first-order valence-electron chi connectivity index (χ1n) is 14.5. The number of carboxylic acids is 1. The number of hydrogen-bond donors (Lipinski definition) is 2. The Balaban J connectivity index is 1.25. The van der Waals surface area contributed by atoms with Crippen molar-refractivity contribution in [3.8, 4) is 0 Å². The number of hydrogen-bond acceptors (Lipinski definition) is 5. The molecule has 2 unspecified atom stereocenters. The van der Waals surface area contributed by atoms with Crippen molar-refractivity contribution in [1.29, 1.82) is 0 Å². The minimum absolute atomic E-state index is 0.144. The molecule has 0 saturated carbocycles. The second-order valence-electron chi connectivity index (χ2n) is 11.4. The molecule has 3 atom stereocenters. The fourth-order valence-corrected chi connectivity index (χ4v) is 9.04. The summed E-state index contributed by atoms with van der Waals surface area (Å²) in [6.07, 6.45) is 1.41. The zero-order chi connectivity index (χ0) is 28.7. The Labute approximate surface area is 250 Å². The summed E-state index contributed by atoms with van der Waals surface area (Å²) in [6.45, 7) is 1.52. The van der Waals surface area contributed by atoms with Gasteiger partial charge < -0.3 is 14.9 Å². The fourth-order valence-electron chi connectivity index (χ4n) is 7.14. The Kier molecular flexibility index (Phi) is 6.79. The van der Waals surface area contributed by atoms with Crippen LogP contribution in [0, 0.1) is 0 Å². The molecule has 3 saturated heterocycles. The molecule has 212 valence electrons. The van der Waals surface area contributed by atoms with E-state index in [1.165, 1.54) is 0 Å². The Morgan fingerprint density at radius 1 is 0.762 bits per heavy atom. The quantitative estimate of drug-likeness (QED) is 0.229. The lowest BCUT2D eigenvalue weighted by Gasteiger charge is -2.49. The molecule has 0 aliphatic carbocycles. The number of rotatable bonds is 7. The third-order valence-electron chi connectivity index (χ3n) is 9.17. The predicted molar refractivity (Wildman–Crippen MR) is 166 cm³/mol. The van der Waals surface area contributed by atoms with Gasteiger partial charge >= 0.3 is 5.97 Å². The molecular formula is C35H33N3O3S. The van der Waals surface area contributed by atoms with Gasteiger partial charge in [0.25, 0.3) is 0 Å². The van der Waals surface area contributed by atoms with E-state index < -0.39 is 28.3 Å². The first-order valence-corrected chi connectivity index (χ1v) is 15.4. The number of carboxylic acid groups (broad SMARTS) is 1. The summed E-state index contributed by atoms with van der Waals surface area (Å²) in [7, 11) is 0. The van der Waals surface area contributed by atoms with Crippen LogP contribution in [0.2, 0.25) is 0 Å². The summed E-state index contributed by atoms with van der Waals surface area (Å²) in [6, 6.07) is 39.6. The van der Waals surface area contributed by atoms with Crippen LogP contribution < -0.4 is 10.2 Å². The molecule has 3 heterocycles. The number of para-hydroxylation sites is 1. The number of carbonyl (C=O) groups is 2. The van der Waals surface area contributed by atoms with Crippen molar-refractivity contribution in [1.82, 2.24) is 10.2 Å². The van der Waals surface area contributed by atoms with Crippen LogP contribution in [0.5, 0.6) is 0 Å². The van der Waals surface area contributed by atoms with E-state index in [2.05, 4.69) is 58.7 Å². The van der Waals surface area contributed by atoms with Crippen molar-refractivity contribution in [2.24, 2.45) is 0 Å². The summed E-state index contributed by atoms with van der Waals surface area (Å²) in [4.78, 5) is 30.8. The molecule has 0 radical (unpaired) electrons. The van der Waals surface area contributed by atoms with Crippen molar-refractivity contribution in [2.75, 3.05) is 18.0 Å². The largest absolute Gasteiger partial charge is 0.480 e. The molecule has 7 rings (SSSR count). The molecular weight excluding hydrogens is 542 g/mol. The molecule has 3 aliphatic rings. The highest BCUT2D eigenvalue weighted by molar-refractivity contribution is 8.01. The van der Waals surface area contributed by atoms with Crippen LogP contribution in [0.25, 0.3) is 0 Å². The third kappa shape index (κ3) is 4.22. The van der Waals surface area contributed by atoms with Crippen molar-refractivity contribution < 1.29 is 14.7 Å². The van der Waals surface area contributed by atoms with Gasteiger partial charge in [-0.15, -0.1) is 11.8 Å². The van der Waals surface area contributed by atoms with E-state index >= 15 is 0 Å². The summed E-state index contributed by atoms with van der Waals surface area (Å²) in [5.74, 6) is -1.06. The summed E-state index contributed by atoms with van der Waals surface area (Å²) >= 11 is 1.69. The normalized spacial score (nSPS) is 23.0. The molecule has 7 heteroatoms. The van der Waals surface area contributed by atoms with E-state index in [1.807, 2.05) is 72.8 Å². The van der Waals surface area contributed by atoms with Gasteiger partial charge in [-0.1, -0.05) is 109 Å². The Hall–Kier alpha value is -4.07. The average molecular weight is 576 g/mol. The third-order valence-corrected chi connectivity index (χ3v) is 11.0. The molecule has 0 bridgehead atoms. The molecule has 4 aromatic rings. The molecule has 1 spiro atoms. The lowest BCUT2D eigenvalue weighted by molar-refractivity contribution is -0.161. The number of aliphatic carboxylic acids is 1. The van der Waals surface area contributed by atoms with Crippen LogP contribution in [-0.4, -0.2) is 57.2 Å². The Bertz CT molecular complexity index is 1460. The maximum Gasteiger partial charge on any atom is 0.327 e. The molecule has 42 heavy (non-hydrogen) atoms. The van der Waals surface area contributed by atoms with Gasteiger partial charge in [-0.25, -0.2) is 4.79 Å². The van der Waals surface area contributed by atoms with Crippen LogP contribution >= 0.6 is 11.8 Å². The lowest BCUT2D eigenvalue weighted by Crippen LogP contribution is -2.73. The molecule has 3 fully saturated rings. The molecule has 4 aromatic carbocycles. The molecule has 6 nitrogen and oxygen atoms in total. The Morgan fingerprint density at radius 3 is 1.67 bits per heavy atom. The smallest absolute Gasteiger partial charge is 0.327 e. The molecule has 2 N–H and O–H groups in total. The van der Waals surface area contributed by atoms with E-state index in [9.17, 15) is 14.7 Å². The first kappa shape index (κ1) is 26.8. The standard InChI is InChI=1S/C35H33N3O3S/c39-31-29(32-38(31)30(33(40)41)34(42-32)21-23-37(24-22-34)28-19-11-4-12-20-28)36-35(25-13-5-1-6-14-25,26-15-7-2-8-16-26)27-17-9-3-10-18-27/h1-20,29-30,32,36H,21-24H2,(H,40,41)/t29?,30?,32-/m1/s1. The number of nitrogens with one attached hydrogen (secondary N) is 1. The van der Waals surface area contributed by atoms with E-state index in [-0.39, 0.29) is 11.3 Å². The number of piperidine rings is 1. The summed E-state index contributed by atoms with van der Waals surface area (Å²) in [5, 5.41) is 14.0. The van der Waals surface area contributed by atoms with E-state index in [0.29, 0.717) is 12.8 Å². The van der Waals surface area contributed by atoms with Gasteiger partial charge in [0.15, 0.2) is 0 Å². The maximum atomic E-state index is 14.0. The monoisotopic (exact) mass is 575 g/mol. The maximum absolute atomic E-state index is 14.0. The van der Waals surface area contributed by atoms with Crippen LogP contribution in [0.1, 0.15) is 29.5 Å². The number of nitrogens with zero attached hydrogens (tertiary/aromatic N) is 2. The van der Waals surface area contributed by atoms with Gasteiger partial charge in [0, 0.05) is 18.8 Å². The van der Waals surface area contributed by atoms with Crippen LogP contribution in [-0.2, 0) is 15.1 Å². The van der Waals surface area contributed by atoms with Gasteiger partial charge in [-0.2, -0.15) is 0 Å². The van der Waals surface area contributed by atoms with Crippen molar-refractivity contribution in [3.63, 3.8) is 0 Å². The summed E-state index contributed by atoms with van der Waals surface area (Å²) < 4.78 is -0.525. The summed E-state index contributed by atoms with van der Waals surface area (Å²) in [5.41, 5.74) is 3.42. The second kappa shape index (κ2) is 10.6. The average Bonchev–Trinajstić information content (AvgIpc) is 3.34. The first-order chi connectivity index (χ1) is 20.5. The van der Waals surface area contributed by atoms with Crippen molar-refractivity contribution in [2.45, 2.75) is 40.6 Å². The van der Waals surface area contributed by atoms with E-state index in [4.69, 9.17) is 0 Å². The zero-order valence-electron chi connectivity index (χ0n) is 23.2. The van der Waals surface area contributed by atoms with Crippen molar-refractivity contribution >= 4 is 29.3 Å². The highest BCUT2D eigenvalue weighted by atomic mass is 32.2. The molecule has 1 amide bonds. The topological polar surface area (TPSA) is 72.9 Å². The minimum atomic E-state index is -0.912. The molecule has 3 aliphatic heterocycles. The Morgan fingerprint density at radius 2 is 1.21 bits per heavy atom. The van der Waals surface area contributed by atoms with Crippen LogP contribution in [0.15, 0.2) is 121 Å².